The van der Waals surface area contributed by atoms with Crippen molar-refractivity contribution in [3.8, 4) is 0 Å². The molecule has 9 radical (unpaired) electrons. The third kappa shape index (κ3) is 101. The van der Waals surface area contributed by atoms with Crippen molar-refractivity contribution in [1.82, 2.24) is 5.90 Å². The topological polar surface area (TPSA) is 73.9 Å². The molecule has 0 saturated carbocycles. The highest BCUT2D eigenvalue weighted by atomic mass is 16.4. The van der Waals surface area contributed by atoms with Crippen LogP contribution in [0.4, 0.5) is 0 Å². The first-order valence-corrected chi connectivity index (χ1v) is 0.183. The Balaban J connectivity index is -0.00000000500. The van der Waals surface area contributed by atoms with Gasteiger partial charge in [-0.2, -0.15) is 0 Å². The van der Waals surface area contributed by atoms with Crippen molar-refractivity contribution in [2.75, 3.05) is 0 Å². The number of hydrogen-bond acceptors (Lipinski definition) is 1. The maximum atomic E-state index is 7.25. The quantitative estimate of drug-likeness (QED) is 0.346. The Hall–Kier alpha value is -0.120. The summed E-state index contributed by atoms with van der Waals surface area (Å²) >= 11 is 0. The highest BCUT2D eigenvalue weighted by molar-refractivity contribution is 3.93. The smallest absolute Gasteiger partial charge is 0.442 e. The molecule has 0 N–H and O–H groups in total. The van der Waals surface area contributed by atoms with Crippen LogP contribution in [0.25, 0.3) is 0 Å². The summed E-state index contributed by atoms with van der Waals surface area (Å²) in [4.78, 5) is 0. The van der Waals surface area contributed by atoms with Gasteiger partial charge in [-0.15, -0.1) is 0 Å². The summed E-state index contributed by atoms with van der Waals surface area (Å²) in [5.41, 5.74) is 0. The van der Waals surface area contributed by atoms with Gasteiger partial charge in [0.25, 0.3) is 0 Å². The predicted molar refractivity (Wildman–Crippen MR) is 9.43 cm³/mol. The first kappa shape index (κ1) is 41.6. The monoisotopic (exact) mass is 58.0 g/mol. The highest BCUT2D eigenvalue weighted by Crippen LogP contribution is 0.809. The van der Waals surface area contributed by atoms with Crippen LogP contribution in [0, 0.1) is 12.6 Å². The van der Waals surface area contributed by atoms with E-state index in [4.69, 9.17) is 11.1 Å². The van der Waals surface area contributed by atoms with E-state index >= 15 is 0 Å². The van der Waals surface area contributed by atoms with Gasteiger partial charge < -0.3 is 5.21 Å². The van der Waals surface area contributed by atoms with Crippen LogP contribution in [-0.2, 0) is 5.48 Å². The van der Waals surface area contributed by atoms with Crippen molar-refractivity contribution in [3.63, 3.8) is 0 Å². The minimum absolute atomic E-state index is 0. The fourth-order valence-corrected chi connectivity index (χ4v) is 0. The molecule has 0 amide bonds. The SMILES string of the molecule is [C].[N+][O-].[O]. The van der Waals surface area contributed by atoms with Gasteiger partial charge in [0.1, 0.15) is 0 Å². The van der Waals surface area contributed by atoms with E-state index in [-0.39, 0.29) is 12.9 Å². The normalized spacial score (nSPS) is 1.50. The van der Waals surface area contributed by atoms with Gasteiger partial charge in [-0.25, -0.2) is 0 Å². The van der Waals surface area contributed by atoms with Crippen molar-refractivity contribution in [2.24, 2.45) is 0 Å². The fraction of sp³-hybridized carbons (Fsp3) is 0. The second-order valence-electron chi connectivity index (χ2n) is 0. The minimum atomic E-state index is 0. The molecule has 0 heterocycles. The third-order valence-electron chi connectivity index (χ3n) is 0. The van der Waals surface area contributed by atoms with E-state index in [2.05, 4.69) is 0 Å². The molecule has 0 rings (SSSR count). The van der Waals surface area contributed by atoms with Crippen LogP contribution < -0.4 is 5.90 Å². The lowest BCUT2D eigenvalue weighted by Gasteiger charge is -1.09. The van der Waals surface area contributed by atoms with Gasteiger partial charge in [0.2, 0.25) is 0 Å². The molecule has 0 aliphatic carbocycles. The molecule has 21 valence electrons. The molecule has 0 atom stereocenters. The minimum Gasteiger partial charge on any atom is -0.442 e. The largest absolute Gasteiger partial charge is 0.442 e. The summed E-state index contributed by atoms with van der Waals surface area (Å²) in [6.45, 7) is 0. The van der Waals surface area contributed by atoms with Crippen molar-refractivity contribution in [3.05, 3.63) is 12.6 Å². The van der Waals surface area contributed by atoms with E-state index in [0.717, 1.165) is 0 Å². The summed E-state index contributed by atoms with van der Waals surface area (Å²) in [6.07, 6.45) is 0. The van der Waals surface area contributed by atoms with Crippen molar-refractivity contribution < 1.29 is 5.48 Å². The molecule has 0 bridgehead atoms. The second-order valence-corrected chi connectivity index (χ2v) is 0. The van der Waals surface area contributed by atoms with E-state index < -0.39 is 0 Å². The molecule has 0 fully saturated rings. The number of hydrogen-bond donors (Lipinski definition) is 0. The molecule has 0 aliphatic heterocycles. The van der Waals surface area contributed by atoms with E-state index in [0.29, 0.717) is 0 Å². The summed E-state index contributed by atoms with van der Waals surface area (Å²) in [5.74, 6) is 5.75. The lowest BCUT2D eigenvalue weighted by atomic mass is 12.0. The Morgan fingerprint density at radius 3 is 1.25 bits per heavy atom. The molecule has 3 nitrogen and oxygen atoms in total. The zero-order chi connectivity index (χ0) is 2.00. The Kier molecular flexibility index (Phi) is 7340. The van der Waals surface area contributed by atoms with Crippen molar-refractivity contribution in [2.45, 2.75) is 0 Å². The molecular formula is CNO2. The van der Waals surface area contributed by atoms with Crippen LogP contribution in [-0.4, -0.2) is 0 Å². The summed E-state index contributed by atoms with van der Waals surface area (Å²) in [7, 11) is 0. The Labute approximate surface area is 25.3 Å². The highest BCUT2D eigenvalue weighted by Gasteiger charge is 1.09. The Morgan fingerprint density at radius 2 is 1.25 bits per heavy atom. The van der Waals surface area contributed by atoms with E-state index in [9.17, 15) is 0 Å². The van der Waals surface area contributed by atoms with Crippen LogP contribution in [0.5, 0.6) is 0 Å². The Morgan fingerprint density at radius 1 is 1.25 bits per heavy atom. The van der Waals surface area contributed by atoms with Gasteiger partial charge in [-0.3, -0.25) is 0 Å². The number of rotatable bonds is 0. The molecule has 3 heteroatoms. The van der Waals surface area contributed by atoms with Gasteiger partial charge in [-0.05, 0) is 0 Å². The van der Waals surface area contributed by atoms with Crippen LogP contribution in [0.15, 0.2) is 0 Å². The summed E-state index contributed by atoms with van der Waals surface area (Å²) < 4.78 is 0. The maximum Gasteiger partial charge on any atom is 0.442 e. The van der Waals surface area contributed by atoms with Gasteiger partial charge in [-0.1, -0.05) is 0 Å². The molecule has 0 aliphatic rings. The molecule has 0 saturated heterocycles. The first-order chi connectivity index (χ1) is 1.00. The summed E-state index contributed by atoms with van der Waals surface area (Å²) in [5, 5.41) is 7.25. The van der Waals surface area contributed by atoms with Gasteiger partial charge in [0, 0.05) is 12.9 Å². The average Bonchev–Trinajstić information content (AvgIpc) is 1.00. The van der Waals surface area contributed by atoms with E-state index in [1.807, 2.05) is 0 Å². The lowest BCUT2D eigenvalue weighted by Crippen LogP contribution is -1.26. The molecule has 0 spiro atoms. The van der Waals surface area contributed by atoms with Crippen LogP contribution >= 0.6 is 0 Å². The molecule has 0 aromatic heterocycles. The third-order valence-corrected chi connectivity index (χ3v) is 0. The fourth-order valence-electron chi connectivity index (χ4n) is 0. The molecule has 0 aromatic rings. The molecule has 0 unspecified atom stereocenters. The molecule has 0 aromatic carbocycles. The lowest BCUT2D eigenvalue weighted by molar-refractivity contribution is 0.686. The van der Waals surface area contributed by atoms with E-state index in [1.165, 1.54) is 0 Å². The molecule has 4 heavy (non-hydrogen) atoms. The predicted octanol–water partition coefficient (Wildman–Crippen LogP) is -0.485. The average molecular weight is 58.0 g/mol. The molecular weight excluding hydrogens is 58.0 g/mol. The zero-order valence-electron chi connectivity index (χ0n) is 1.76. The maximum absolute atomic E-state index is 7.25. The van der Waals surface area contributed by atoms with Crippen LogP contribution in [0.2, 0.25) is 0 Å². The Bertz CT molecular complexity index is 6.00. The second kappa shape index (κ2) is 707. The standard InChI is InChI=1S/C.NO.O/c;1-2;. The van der Waals surface area contributed by atoms with Gasteiger partial charge in [0.05, 0.1) is 0 Å². The summed E-state index contributed by atoms with van der Waals surface area (Å²) in [6, 6.07) is 0. The van der Waals surface area contributed by atoms with Crippen LogP contribution in [0.3, 0.4) is 0 Å². The number of nitrogens with zero attached hydrogens (tertiary/aromatic N) is 1. The van der Waals surface area contributed by atoms with Crippen molar-refractivity contribution in [1.29, 1.82) is 0 Å². The van der Waals surface area contributed by atoms with E-state index in [1.54, 1.807) is 0 Å². The first-order valence-electron chi connectivity index (χ1n) is 0.183. The van der Waals surface area contributed by atoms with Gasteiger partial charge in [0.15, 0.2) is 0 Å². The van der Waals surface area contributed by atoms with Gasteiger partial charge >= 0.3 is 5.90 Å². The van der Waals surface area contributed by atoms with Crippen molar-refractivity contribution >= 4 is 0 Å². The van der Waals surface area contributed by atoms with Crippen LogP contribution in [0.1, 0.15) is 0 Å². The zero-order valence-corrected chi connectivity index (χ0v) is 1.76.